The van der Waals surface area contributed by atoms with E-state index in [-0.39, 0.29) is 23.8 Å². The molecule has 1 fully saturated rings. The highest BCUT2D eigenvalue weighted by Gasteiger charge is 2.18. The van der Waals surface area contributed by atoms with Gasteiger partial charge in [0.25, 0.3) is 5.69 Å². The van der Waals surface area contributed by atoms with Gasteiger partial charge in [0.2, 0.25) is 5.91 Å². The predicted molar refractivity (Wildman–Crippen MR) is 81.6 cm³/mol. The summed E-state index contributed by atoms with van der Waals surface area (Å²) in [6.07, 6.45) is 4.56. The summed E-state index contributed by atoms with van der Waals surface area (Å²) in [5.74, 6) is -0.248. The number of nitro groups is 1. The molecule has 1 aromatic rings. The number of anilines is 1. The van der Waals surface area contributed by atoms with Crippen LogP contribution in [0.1, 0.15) is 25.7 Å². The molecule has 114 valence electrons. The topological polar surface area (TPSA) is 75.5 Å². The third-order valence-electron chi connectivity index (χ3n) is 3.50. The Morgan fingerprint density at radius 3 is 2.57 bits per heavy atom. The van der Waals surface area contributed by atoms with Gasteiger partial charge in [0.05, 0.1) is 11.5 Å². The van der Waals surface area contributed by atoms with Gasteiger partial charge in [0.15, 0.2) is 0 Å². The zero-order valence-electron chi connectivity index (χ0n) is 11.7. The maximum atomic E-state index is 12.1. The van der Waals surface area contributed by atoms with E-state index >= 15 is 0 Å². The number of carbonyl (C=O) groups excluding carboxylic acids is 1. The highest BCUT2D eigenvalue weighted by Crippen LogP contribution is 2.27. The first-order chi connectivity index (χ1) is 10.1. The average Bonchev–Trinajstić information content (AvgIpc) is 2.66. The largest absolute Gasteiger partial charge is 0.319 e. The maximum absolute atomic E-state index is 12.1. The van der Waals surface area contributed by atoms with Crippen LogP contribution in [0.25, 0.3) is 0 Å². The van der Waals surface area contributed by atoms with Gasteiger partial charge >= 0.3 is 0 Å². The Labute approximate surface area is 128 Å². The maximum Gasteiger partial charge on any atom is 0.292 e. The first-order valence-corrected chi connectivity index (χ1v) is 7.40. The number of hydrogen-bond donors (Lipinski definition) is 1. The molecule has 1 heterocycles. The normalized spacial score (nSPS) is 16.2. The van der Waals surface area contributed by atoms with Gasteiger partial charge in [-0.3, -0.25) is 19.8 Å². The second-order valence-corrected chi connectivity index (χ2v) is 5.59. The number of nitrogens with one attached hydrogen (secondary N) is 1. The number of carbonyl (C=O) groups is 1. The molecule has 0 saturated carbocycles. The van der Waals surface area contributed by atoms with Crippen molar-refractivity contribution in [2.24, 2.45) is 0 Å². The molecular formula is C14H18ClN3O3. The summed E-state index contributed by atoms with van der Waals surface area (Å²) >= 11 is 5.83. The van der Waals surface area contributed by atoms with Crippen LogP contribution in [0.4, 0.5) is 11.4 Å². The van der Waals surface area contributed by atoms with Gasteiger partial charge < -0.3 is 5.32 Å². The second kappa shape index (κ2) is 7.38. The van der Waals surface area contributed by atoms with Crippen LogP contribution in [0.15, 0.2) is 18.2 Å². The van der Waals surface area contributed by atoms with Crippen LogP contribution in [-0.2, 0) is 4.79 Å². The minimum Gasteiger partial charge on any atom is -0.319 e. The van der Waals surface area contributed by atoms with Gasteiger partial charge in [-0.1, -0.05) is 24.4 Å². The van der Waals surface area contributed by atoms with Gasteiger partial charge in [0.1, 0.15) is 5.69 Å². The van der Waals surface area contributed by atoms with Crippen LogP contribution in [0.3, 0.4) is 0 Å². The molecule has 0 bridgehead atoms. The van der Waals surface area contributed by atoms with E-state index in [9.17, 15) is 14.9 Å². The third kappa shape index (κ3) is 4.68. The summed E-state index contributed by atoms with van der Waals surface area (Å²) in [7, 11) is 0. The van der Waals surface area contributed by atoms with Crippen LogP contribution in [0, 0.1) is 10.1 Å². The quantitative estimate of drug-likeness (QED) is 0.685. The number of benzene rings is 1. The molecule has 1 aliphatic heterocycles. The van der Waals surface area contributed by atoms with Crippen molar-refractivity contribution >= 4 is 28.9 Å². The standard InChI is InChI=1S/C14H18ClN3O3/c15-11-5-6-13(18(20)21)12(9-11)16-14(19)10-17-7-3-1-2-4-8-17/h5-6,9H,1-4,7-8,10H2,(H,16,19). The lowest BCUT2D eigenvalue weighted by atomic mass is 10.2. The first-order valence-electron chi connectivity index (χ1n) is 7.02. The van der Waals surface area contributed by atoms with Crippen molar-refractivity contribution < 1.29 is 9.72 Å². The third-order valence-corrected chi connectivity index (χ3v) is 3.73. The van der Waals surface area contributed by atoms with E-state index in [0.717, 1.165) is 25.9 Å². The average molecular weight is 312 g/mol. The van der Waals surface area contributed by atoms with E-state index in [0.29, 0.717) is 5.02 Å². The Bertz CT molecular complexity index is 528. The zero-order chi connectivity index (χ0) is 15.2. The molecular weight excluding hydrogens is 294 g/mol. The van der Waals surface area contributed by atoms with Crippen LogP contribution < -0.4 is 5.32 Å². The summed E-state index contributed by atoms with van der Waals surface area (Å²) < 4.78 is 0. The lowest BCUT2D eigenvalue weighted by molar-refractivity contribution is -0.383. The van der Waals surface area contributed by atoms with Crippen molar-refractivity contribution in [3.63, 3.8) is 0 Å². The molecule has 1 amide bonds. The molecule has 0 radical (unpaired) electrons. The molecule has 0 aliphatic carbocycles. The van der Waals surface area contributed by atoms with E-state index < -0.39 is 4.92 Å². The molecule has 7 heteroatoms. The van der Waals surface area contributed by atoms with E-state index in [1.807, 2.05) is 0 Å². The SMILES string of the molecule is O=C(CN1CCCCCC1)Nc1cc(Cl)ccc1[N+](=O)[O-]. The lowest BCUT2D eigenvalue weighted by Gasteiger charge is -2.18. The number of hydrogen-bond acceptors (Lipinski definition) is 4. The Hall–Kier alpha value is -1.66. The van der Waals surface area contributed by atoms with E-state index in [1.165, 1.54) is 31.0 Å². The van der Waals surface area contributed by atoms with Crippen LogP contribution in [-0.4, -0.2) is 35.4 Å². The molecule has 1 aliphatic rings. The first kappa shape index (κ1) is 15.7. The van der Waals surface area contributed by atoms with Crippen molar-refractivity contribution in [2.75, 3.05) is 25.0 Å². The highest BCUT2D eigenvalue weighted by molar-refractivity contribution is 6.31. The molecule has 1 aromatic carbocycles. The number of likely N-dealkylation sites (tertiary alicyclic amines) is 1. The Morgan fingerprint density at radius 2 is 1.95 bits per heavy atom. The minimum absolute atomic E-state index is 0.146. The molecule has 21 heavy (non-hydrogen) atoms. The molecule has 0 atom stereocenters. The predicted octanol–water partition coefficient (Wildman–Crippen LogP) is 3.06. The van der Waals surface area contributed by atoms with Gasteiger partial charge in [-0.25, -0.2) is 0 Å². The summed E-state index contributed by atoms with van der Waals surface area (Å²) in [4.78, 5) is 24.6. The number of nitrogens with zero attached hydrogens (tertiary/aromatic N) is 2. The fourth-order valence-corrected chi connectivity index (χ4v) is 2.63. The molecule has 0 aromatic heterocycles. The van der Waals surface area contributed by atoms with Gasteiger partial charge in [0, 0.05) is 11.1 Å². The Kier molecular flexibility index (Phi) is 5.52. The summed E-state index contributed by atoms with van der Waals surface area (Å²) in [5, 5.41) is 13.9. The molecule has 2 rings (SSSR count). The smallest absolute Gasteiger partial charge is 0.292 e. The second-order valence-electron chi connectivity index (χ2n) is 5.16. The molecule has 0 spiro atoms. The number of nitro benzene ring substituents is 1. The number of amides is 1. The lowest BCUT2D eigenvalue weighted by Crippen LogP contribution is -2.34. The van der Waals surface area contributed by atoms with E-state index in [4.69, 9.17) is 11.6 Å². The van der Waals surface area contributed by atoms with Crippen LogP contribution in [0.5, 0.6) is 0 Å². The summed E-state index contributed by atoms with van der Waals surface area (Å²) in [5.41, 5.74) is -0.00376. The van der Waals surface area contributed by atoms with Crippen molar-refractivity contribution in [1.82, 2.24) is 4.90 Å². The fourth-order valence-electron chi connectivity index (χ4n) is 2.45. The van der Waals surface area contributed by atoms with Crippen molar-refractivity contribution in [3.05, 3.63) is 33.3 Å². The summed E-state index contributed by atoms with van der Waals surface area (Å²) in [6.45, 7) is 2.04. The molecule has 6 nitrogen and oxygen atoms in total. The van der Waals surface area contributed by atoms with Crippen molar-refractivity contribution in [2.45, 2.75) is 25.7 Å². The van der Waals surface area contributed by atoms with Crippen molar-refractivity contribution in [1.29, 1.82) is 0 Å². The monoisotopic (exact) mass is 311 g/mol. The number of halogens is 1. The van der Waals surface area contributed by atoms with E-state index in [1.54, 1.807) is 0 Å². The Morgan fingerprint density at radius 1 is 1.29 bits per heavy atom. The van der Waals surface area contributed by atoms with Gasteiger partial charge in [-0.05, 0) is 38.1 Å². The number of rotatable bonds is 4. The van der Waals surface area contributed by atoms with Gasteiger partial charge in [-0.2, -0.15) is 0 Å². The molecule has 1 saturated heterocycles. The highest BCUT2D eigenvalue weighted by atomic mass is 35.5. The van der Waals surface area contributed by atoms with Crippen LogP contribution >= 0.6 is 11.6 Å². The fraction of sp³-hybridized carbons (Fsp3) is 0.500. The van der Waals surface area contributed by atoms with Crippen LogP contribution in [0.2, 0.25) is 5.02 Å². The molecule has 0 unspecified atom stereocenters. The molecule has 1 N–H and O–H groups in total. The zero-order valence-corrected chi connectivity index (χ0v) is 12.4. The Balaban J connectivity index is 2.01. The van der Waals surface area contributed by atoms with Crippen molar-refractivity contribution in [3.8, 4) is 0 Å². The van der Waals surface area contributed by atoms with E-state index in [2.05, 4.69) is 10.2 Å². The van der Waals surface area contributed by atoms with Gasteiger partial charge in [-0.15, -0.1) is 0 Å². The minimum atomic E-state index is -0.530. The summed E-state index contributed by atoms with van der Waals surface area (Å²) in [6, 6.07) is 4.13.